The molecule has 0 amide bonds. The van der Waals surface area contributed by atoms with Gasteiger partial charge in [-0.1, -0.05) is 18.2 Å². The summed E-state index contributed by atoms with van der Waals surface area (Å²) in [6.45, 7) is 2.25. The largest absolute Gasteiger partial charge is 0.333 e. The Morgan fingerprint density at radius 3 is 2.58 bits per heavy atom. The fourth-order valence-corrected chi connectivity index (χ4v) is 2.97. The van der Waals surface area contributed by atoms with Crippen LogP contribution in [0.25, 0.3) is 16.8 Å². The number of benzene rings is 2. The Morgan fingerprint density at radius 1 is 1.08 bits per heavy atom. The summed E-state index contributed by atoms with van der Waals surface area (Å²) in [5, 5.41) is 6.73. The van der Waals surface area contributed by atoms with E-state index < -0.39 is 0 Å². The van der Waals surface area contributed by atoms with Gasteiger partial charge in [0.25, 0.3) is 0 Å². The van der Waals surface area contributed by atoms with Gasteiger partial charge in [-0.2, -0.15) is 5.10 Å². The summed E-state index contributed by atoms with van der Waals surface area (Å²) >= 11 is 0. The molecule has 2 heterocycles. The summed E-state index contributed by atoms with van der Waals surface area (Å²) in [7, 11) is 0. The van der Waals surface area contributed by atoms with Crippen LogP contribution in [0.1, 0.15) is 11.1 Å². The van der Waals surface area contributed by atoms with Gasteiger partial charge in [-0.25, -0.2) is 9.18 Å². The van der Waals surface area contributed by atoms with Gasteiger partial charge in [-0.15, -0.1) is 0 Å². The minimum absolute atomic E-state index is 0.134. The molecular weight excluding hydrogens is 331 g/mol. The third-order valence-electron chi connectivity index (χ3n) is 4.47. The highest BCUT2D eigenvalue weighted by Gasteiger charge is 2.08. The summed E-state index contributed by atoms with van der Waals surface area (Å²) in [5.41, 5.74) is 4.42. The molecule has 0 radical (unpaired) electrons. The number of halogens is 1. The number of hydrogen-bond donors (Lipinski definition) is 1. The van der Waals surface area contributed by atoms with Gasteiger partial charge in [0.15, 0.2) is 0 Å². The van der Waals surface area contributed by atoms with Crippen LogP contribution in [-0.4, -0.2) is 19.3 Å². The quantitative estimate of drug-likeness (QED) is 0.613. The lowest BCUT2D eigenvalue weighted by atomic mass is 10.1. The molecule has 6 heteroatoms. The van der Waals surface area contributed by atoms with Crippen LogP contribution in [0.4, 0.5) is 4.39 Å². The van der Waals surface area contributed by atoms with Gasteiger partial charge in [0.2, 0.25) is 0 Å². The summed E-state index contributed by atoms with van der Waals surface area (Å²) in [5.74, 6) is -0.270. The van der Waals surface area contributed by atoms with Crippen LogP contribution in [0.15, 0.2) is 72.0 Å². The van der Waals surface area contributed by atoms with E-state index in [0.29, 0.717) is 6.54 Å². The van der Waals surface area contributed by atoms with E-state index >= 15 is 0 Å². The number of imidazole rings is 1. The highest BCUT2D eigenvalue weighted by molar-refractivity contribution is 5.62. The topological polar surface area (TPSA) is 55.6 Å². The Balaban J connectivity index is 1.62. The van der Waals surface area contributed by atoms with E-state index in [9.17, 15) is 9.18 Å². The van der Waals surface area contributed by atoms with Crippen molar-refractivity contribution in [1.82, 2.24) is 19.3 Å². The molecule has 5 nitrogen and oxygen atoms in total. The Hall–Kier alpha value is -3.41. The van der Waals surface area contributed by atoms with Gasteiger partial charge < -0.3 is 0 Å². The number of nitrogens with one attached hydrogen (secondary N) is 1. The van der Waals surface area contributed by atoms with E-state index in [1.165, 1.54) is 12.1 Å². The molecule has 0 unspecified atom stereocenters. The first-order chi connectivity index (χ1) is 12.6. The van der Waals surface area contributed by atoms with Gasteiger partial charge in [0, 0.05) is 24.2 Å². The number of rotatable bonds is 4. The highest BCUT2D eigenvalue weighted by Crippen LogP contribution is 2.19. The second-order valence-corrected chi connectivity index (χ2v) is 6.18. The standard InChI is InChI=1S/C20H17FN4O/c1-14-10-18(21)5-2-16(14)13-24-8-9-25(20(24)26)19-6-3-15(4-7-19)17-11-22-23-12-17/h2-12H,13H2,1H3,(H,22,23). The van der Waals surface area contributed by atoms with E-state index in [4.69, 9.17) is 0 Å². The molecule has 2 aromatic heterocycles. The zero-order valence-electron chi connectivity index (χ0n) is 14.2. The van der Waals surface area contributed by atoms with Crippen molar-refractivity contribution in [3.05, 3.63) is 94.7 Å². The van der Waals surface area contributed by atoms with Gasteiger partial charge in [0.05, 0.1) is 18.4 Å². The molecule has 2 aromatic carbocycles. The lowest BCUT2D eigenvalue weighted by Gasteiger charge is -2.07. The summed E-state index contributed by atoms with van der Waals surface area (Å²) < 4.78 is 16.5. The van der Waals surface area contributed by atoms with E-state index in [1.807, 2.05) is 37.4 Å². The number of aromatic amines is 1. The van der Waals surface area contributed by atoms with Crippen molar-refractivity contribution in [2.75, 3.05) is 0 Å². The van der Waals surface area contributed by atoms with E-state index in [1.54, 1.807) is 33.8 Å². The van der Waals surface area contributed by atoms with E-state index in [0.717, 1.165) is 27.9 Å². The van der Waals surface area contributed by atoms with Gasteiger partial charge in [-0.05, 0) is 47.9 Å². The van der Waals surface area contributed by atoms with Crippen LogP contribution in [0, 0.1) is 12.7 Å². The summed E-state index contributed by atoms with van der Waals surface area (Å²) in [4.78, 5) is 12.7. The first kappa shape index (κ1) is 16.1. The lowest BCUT2D eigenvalue weighted by molar-refractivity contribution is 0.624. The van der Waals surface area contributed by atoms with Crippen LogP contribution in [0.3, 0.4) is 0 Å². The van der Waals surface area contributed by atoms with Gasteiger partial charge in [0.1, 0.15) is 5.82 Å². The highest BCUT2D eigenvalue weighted by atomic mass is 19.1. The van der Waals surface area contributed by atoms with Crippen molar-refractivity contribution in [2.24, 2.45) is 0 Å². The molecule has 0 fully saturated rings. The molecule has 130 valence electrons. The molecule has 4 aromatic rings. The Bertz CT molecular complexity index is 1090. The fraction of sp³-hybridized carbons (Fsp3) is 0.100. The van der Waals surface area contributed by atoms with Crippen molar-refractivity contribution in [3.8, 4) is 16.8 Å². The molecule has 0 atom stereocenters. The smallest absolute Gasteiger partial charge is 0.294 e. The SMILES string of the molecule is Cc1cc(F)ccc1Cn1ccn(-c2ccc(-c3cn[nH]c3)cc2)c1=O. The molecule has 0 aliphatic rings. The average Bonchev–Trinajstić information content (AvgIpc) is 3.28. The maximum atomic E-state index is 13.2. The fourth-order valence-electron chi connectivity index (χ4n) is 2.97. The van der Waals surface area contributed by atoms with Crippen molar-refractivity contribution in [3.63, 3.8) is 0 Å². The predicted octanol–water partition coefficient (Wildman–Crippen LogP) is 3.52. The molecule has 0 saturated heterocycles. The second kappa shape index (κ2) is 6.48. The molecule has 0 aliphatic carbocycles. The van der Waals surface area contributed by atoms with E-state index in [2.05, 4.69) is 10.2 Å². The average molecular weight is 348 g/mol. The predicted molar refractivity (Wildman–Crippen MR) is 97.8 cm³/mol. The molecule has 0 spiro atoms. The second-order valence-electron chi connectivity index (χ2n) is 6.18. The van der Waals surface area contributed by atoms with Crippen LogP contribution < -0.4 is 5.69 Å². The minimum Gasteiger partial charge on any atom is -0.294 e. The van der Waals surface area contributed by atoms with Crippen molar-refractivity contribution < 1.29 is 4.39 Å². The zero-order chi connectivity index (χ0) is 18.1. The van der Waals surface area contributed by atoms with Crippen LogP contribution in [0.5, 0.6) is 0 Å². The first-order valence-electron chi connectivity index (χ1n) is 8.24. The zero-order valence-corrected chi connectivity index (χ0v) is 14.2. The Labute approximate surface area is 149 Å². The molecule has 0 aliphatic heterocycles. The van der Waals surface area contributed by atoms with Crippen molar-refractivity contribution >= 4 is 0 Å². The Kier molecular flexibility index (Phi) is 4.01. The van der Waals surface area contributed by atoms with Crippen molar-refractivity contribution in [1.29, 1.82) is 0 Å². The lowest BCUT2D eigenvalue weighted by Crippen LogP contribution is -2.23. The third-order valence-corrected chi connectivity index (χ3v) is 4.47. The molecule has 26 heavy (non-hydrogen) atoms. The first-order valence-corrected chi connectivity index (χ1v) is 8.24. The molecule has 1 N–H and O–H groups in total. The van der Waals surface area contributed by atoms with Gasteiger partial charge >= 0.3 is 5.69 Å². The number of aryl methyl sites for hydroxylation is 1. The maximum absolute atomic E-state index is 13.2. The number of H-pyrrole nitrogens is 1. The summed E-state index contributed by atoms with van der Waals surface area (Å²) in [6, 6.07) is 12.3. The van der Waals surface area contributed by atoms with Crippen LogP contribution in [0.2, 0.25) is 0 Å². The van der Waals surface area contributed by atoms with Crippen LogP contribution >= 0.6 is 0 Å². The molecule has 0 bridgehead atoms. The normalized spacial score (nSPS) is 11.0. The number of aromatic nitrogens is 4. The third kappa shape index (κ3) is 2.97. The summed E-state index contributed by atoms with van der Waals surface area (Å²) in [6.07, 6.45) is 7.06. The molecular formula is C20H17FN4O. The number of nitrogens with zero attached hydrogens (tertiary/aromatic N) is 3. The molecule has 4 rings (SSSR count). The van der Waals surface area contributed by atoms with Crippen molar-refractivity contribution in [2.45, 2.75) is 13.5 Å². The number of hydrogen-bond acceptors (Lipinski definition) is 2. The minimum atomic E-state index is -0.270. The van der Waals surface area contributed by atoms with E-state index in [-0.39, 0.29) is 11.5 Å². The maximum Gasteiger partial charge on any atom is 0.333 e. The Morgan fingerprint density at radius 2 is 1.88 bits per heavy atom. The van der Waals surface area contributed by atoms with Gasteiger partial charge in [-0.3, -0.25) is 14.2 Å². The monoisotopic (exact) mass is 348 g/mol. The van der Waals surface area contributed by atoms with Crippen LogP contribution in [-0.2, 0) is 6.54 Å². The molecule has 0 saturated carbocycles.